The minimum atomic E-state index is 0.107. The lowest BCUT2D eigenvalue weighted by Gasteiger charge is -2.31. The van der Waals surface area contributed by atoms with Gasteiger partial charge in [0, 0.05) is 5.54 Å². The molecule has 0 saturated heterocycles. The highest BCUT2D eigenvalue weighted by Crippen LogP contribution is 2.28. The van der Waals surface area contributed by atoms with Gasteiger partial charge >= 0.3 is 0 Å². The molecule has 1 aliphatic rings. The van der Waals surface area contributed by atoms with Gasteiger partial charge in [-0.25, -0.2) is 0 Å². The zero-order valence-corrected chi connectivity index (χ0v) is 10.8. The Bertz CT molecular complexity index is 310. The van der Waals surface area contributed by atoms with Crippen molar-refractivity contribution in [2.24, 2.45) is 5.73 Å². The SMILES string of the molecule is NC1(CCc2ccccc2)CCCCCCC1. The molecule has 1 aliphatic carbocycles. The summed E-state index contributed by atoms with van der Waals surface area (Å²) in [6.07, 6.45) is 11.5. The third kappa shape index (κ3) is 4.16. The molecular weight excluding hydrogens is 206 g/mol. The van der Waals surface area contributed by atoms with Crippen LogP contribution in [0.3, 0.4) is 0 Å². The van der Waals surface area contributed by atoms with Crippen LogP contribution in [-0.2, 0) is 6.42 Å². The number of hydrogen-bond acceptors (Lipinski definition) is 1. The Balaban J connectivity index is 1.87. The van der Waals surface area contributed by atoms with Gasteiger partial charge in [-0.15, -0.1) is 0 Å². The largest absolute Gasteiger partial charge is 0.325 e. The van der Waals surface area contributed by atoms with Crippen molar-refractivity contribution in [3.05, 3.63) is 35.9 Å². The Morgan fingerprint density at radius 3 is 2.12 bits per heavy atom. The van der Waals surface area contributed by atoms with Crippen molar-refractivity contribution in [1.29, 1.82) is 0 Å². The van der Waals surface area contributed by atoms with E-state index in [2.05, 4.69) is 30.3 Å². The molecule has 1 fully saturated rings. The van der Waals surface area contributed by atoms with Gasteiger partial charge < -0.3 is 5.73 Å². The van der Waals surface area contributed by atoms with Crippen molar-refractivity contribution in [2.45, 2.75) is 63.3 Å². The molecule has 0 unspecified atom stereocenters. The van der Waals surface area contributed by atoms with Crippen LogP contribution in [-0.4, -0.2) is 5.54 Å². The smallest absolute Gasteiger partial charge is 0.0157 e. The van der Waals surface area contributed by atoms with Crippen molar-refractivity contribution < 1.29 is 0 Å². The molecule has 0 radical (unpaired) electrons. The van der Waals surface area contributed by atoms with E-state index in [0.29, 0.717) is 0 Å². The van der Waals surface area contributed by atoms with E-state index in [4.69, 9.17) is 5.73 Å². The Labute approximate surface area is 105 Å². The van der Waals surface area contributed by atoms with E-state index < -0.39 is 0 Å². The quantitative estimate of drug-likeness (QED) is 0.834. The highest BCUT2D eigenvalue weighted by molar-refractivity contribution is 5.15. The van der Waals surface area contributed by atoms with Crippen molar-refractivity contribution in [3.8, 4) is 0 Å². The van der Waals surface area contributed by atoms with E-state index in [1.165, 1.54) is 50.5 Å². The van der Waals surface area contributed by atoms with Crippen molar-refractivity contribution in [1.82, 2.24) is 0 Å². The first-order valence-electron chi connectivity index (χ1n) is 7.11. The van der Waals surface area contributed by atoms with E-state index in [1.54, 1.807) is 0 Å². The van der Waals surface area contributed by atoms with Gasteiger partial charge in [-0.1, -0.05) is 62.4 Å². The molecule has 0 aliphatic heterocycles. The van der Waals surface area contributed by atoms with Gasteiger partial charge in [-0.3, -0.25) is 0 Å². The summed E-state index contributed by atoms with van der Waals surface area (Å²) in [7, 11) is 0. The molecule has 1 heteroatoms. The summed E-state index contributed by atoms with van der Waals surface area (Å²) in [4.78, 5) is 0. The number of nitrogens with two attached hydrogens (primary N) is 1. The maximum absolute atomic E-state index is 6.58. The van der Waals surface area contributed by atoms with Gasteiger partial charge in [0.2, 0.25) is 0 Å². The lowest BCUT2D eigenvalue weighted by atomic mass is 9.81. The van der Waals surface area contributed by atoms with Crippen molar-refractivity contribution in [3.63, 3.8) is 0 Å². The van der Waals surface area contributed by atoms with E-state index in [-0.39, 0.29) is 5.54 Å². The third-order valence-corrected chi connectivity index (χ3v) is 4.10. The minimum Gasteiger partial charge on any atom is -0.325 e. The number of benzene rings is 1. The molecule has 94 valence electrons. The number of hydrogen-bond donors (Lipinski definition) is 1. The third-order valence-electron chi connectivity index (χ3n) is 4.10. The fraction of sp³-hybridized carbons (Fsp3) is 0.625. The molecule has 0 heterocycles. The van der Waals surface area contributed by atoms with E-state index in [1.807, 2.05) is 0 Å². The van der Waals surface area contributed by atoms with Gasteiger partial charge in [0.25, 0.3) is 0 Å². The molecule has 0 atom stereocenters. The van der Waals surface area contributed by atoms with Crippen LogP contribution in [0, 0.1) is 0 Å². The molecule has 17 heavy (non-hydrogen) atoms. The predicted octanol–water partition coefficient (Wildman–Crippen LogP) is 4.06. The Kier molecular flexibility index (Phi) is 4.61. The van der Waals surface area contributed by atoms with Crippen LogP contribution >= 0.6 is 0 Å². The molecule has 0 aromatic heterocycles. The fourth-order valence-electron chi connectivity index (χ4n) is 2.90. The van der Waals surface area contributed by atoms with Crippen LogP contribution < -0.4 is 5.73 Å². The Morgan fingerprint density at radius 2 is 1.47 bits per heavy atom. The molecule has 2 rings (SSSR count). The van der Waals surface area contributed by atoms with Gasteiger partial charge in [-0.05, 0) is 31.2 Å². The molecule has 1 aromatic carbocycles. The average molecular weight is 231 g/mol. The monoisotopic (exact) mass is 231 g/mol. The number of rotatable bonds is 3. The fourth-order valence-corrected chi connectivity index (χ4v) is 2.90. The molecule has 1 aromatic rings. The van der Waals surface area contributed by atoms with E-state index >= 15 is 0 Å². The highest BCUT2D eigenvalue weighted by Gasteiger charge is 2.24. The van der Waals surface area contributed by atoms with Crippen molar-refractivity contribution in [2.75, 3.05) is 0 Å². The van der Waals surface area contributed by atoms with E-state index in [9.17, 15) is 0 Å². The Hall–Kier alpha value is -0.820. The lowest BCUT2D eigenvalue weighted by molar-refractivity contribution is 0.298. The topological polar surface area (TPSA) is 26.0 Å². The zero-order valence-electron chi connectivity index (χ0n) is 10.8. The zero-order chi connectivity index (χ0) is 12.0. The van der Waals surface area contributed by atoms with Gasteiger partial charge in [0.15, 0.2) is 0 Å². The predicted molar refractivity (Wildman–Crippen MR) is 74.0 cm³/mol. The van der Waals surface area contributed by atoms with Crippen LogP contribution in [0.25, 0.3) is 0 Å². The lowest BCUT2D eigenvalue weighted by Crippen LogP contribution is -2.40. The van der Waals surface area contributed by atoms with Crippen LogP contribution in [0.15, 0.2) is 30.3 Å². The normalized spacial score (nSPS) is 20.5. The summed E-state index contributed by atoms with van der Waals surface area (Å²) in [6, 6.07) is 10.8. The second-order valence-corrected chi connectivity index (χ2v) is 5.62. The van der Waals surface area contributed by atoms with Gasteiger partial charge in [0.05, 0.1) is 0 Å². The number of aryl methyl sites for hydroxylation is 1. The maximum atomic E-state index is 6.58. The van der Waals surface area contributed by atoms with Crippen LogP contribution in [0.5, 0.6) is 0 Å². The summed E-state index contributed by atoms with van der Waals surface area (Å²) >= 11 is 0. The molecule has 0 bridgehead atoms. The first kappa shape index (κ1) is 12.6. The van der Waals surface area contributed by atoms with Crippen LogP contribution in [0.2, 0.25) is 0 Å². The van der Waals surface area contributed by atoms with Gasteiger partial charge in [0.1, 0.15) is 0 Å². The van der Waals surface area contributed by atoms with Gasteiger partial charge in [-0.2, -0.15) is 0 Å². The standard InChI is InChI=1S/C16H25N/c17-16(12-7-2-1-3-8-13-16)14-11-15-9-5-4-6-10-15/h4-6,9-10H,1-3,7-8,11-14,17H2. The summed E-state index contributed by atoms with van der Waals surface area (Å²) < 4.78 is 0. The summed E-state index contributed by atoms with van der Waals surface area (Å²) in [5, 5.41) is 0. The molecule has 1 nitrogen and oxygen atoms in total. The summed E-state index contributed by atoms with van der Waals surface area (Å²) in [6.45, 7) is 0. The van der Waals surface area contributed by atoms with Crippen molar-refractivity contribution >= 4 is 0 Å². The molecule has 1 saturated carbocycles. The summed E-state index contributed by atoms with van der Waals surface area (Å²) in [5.74, 6) is 0. The molecule has 0 amide bonds. The van der Waals surface area contributed by atoms with Crippen LogP contribution in [0.4, 0.5) is 0 Å². The van der Waals surface area contributed by atoms with E-state index in [0.717, 1.165) is 12.8 Å². The highest BCUT2D eigenvalue weighted by atomic mass is 14.7. The molecule has 0 spiro atoms. The Morgan fingerprint density at radius 1 is 0.882 bits per heavy atom. The first-order chi connectivity index (χ1) is 8.29. The minimum absolute atomic E-state index is 0.107. The second kappa shape index (κ2) is 6.20. The first-order valence-corrected chi connectivity index (χ1v) is 7.11. The second-order valence-electron chi connectivity index (χ2n) is 5.62. The maximum Gasteiger partial charge on any atom is 0.0157 e. The summed E-state index contributed by atoms with van der Waals surface area (Å²) in [5.41, 5.74) is 8.11. The molecular formula is C16H25N. The van der Waals surface area contributed by atoms with Crippen LogP contribution in [0.1, 0.15) is 56.9 Å². The average Bonchev–Trinajstić information content (AvgIpc) is 2.34. The molecule has 2 N–H and O–H groups in total.